The summed E-state index contributed by atoms with van der Waals surface area (Å²) in [5.74, 6) is 1.07. The molecule has 7 aliphatic rings. The number of anilines is 10. The van der Waals surface area contributed by atoms with Crippen molar-refractivity contribution in [2.45, 2.75) is 117 Å². The van der Waals surface area contributed by atoms with Crippen LogP contribution in [0.5, 0.6) is 0 Å². The molecule has 8 heterocycles. The molecule has 0 radical (unpaired) electrons. The van der Waals surface area contributed by atoms with Crippen molar-refractivity contribution < 1.29 is 4.42 Å². The third-order valence-corrected chi connectivity index (χ3v) is 33.8. The van der Waals surface area contributed by atoms with Crippen molar-refractivity contribution in [3.05, 3.63) is 285 Å². The van der Waals surface area contributed by atoms with Gasteiger partial charge in [0.25, 0.3) is 13.4 Å². The Hall–Kier alpha value is -9.06. The molecule has 0 unspecified atom stereocenters. The van der Waals surface area contributed by atoms with Gasteiger partial charge in [-0.1, -0.05) is 245 Å². The van der Waals surface area contributed by atoms with Crippen molar-refractivity contribution in [2.24, 2.45) is 0 Å². The van der Waals surface area contributed by atoms with Crippen LogP contribution in [0, 0.1) is 0 Å². The zero-order valence-corrected chi connectivity index (χ0v) is 61.0. The molecular formula is C86H82B2N4OSi3. The summed E-state index contributed by atoms with van der Waals surface area (Å²) in [6.45, 7) is 34.5. The van der Waals surface area contributed by atoms with Gasteiger partial charge in [-0.05, 0) is 184 Å². The van der Waals surface area contributed by atoms with E-state index in [0.29, 0.717) is 0 Å². The molecule has 1 aromatic heterocycles. The molecule has 0 atom stereocenters. The number of nitrogens with zero attached hydrogens (tertiary/aromatic N) is 4. The lowest BCUT2D eigenvalue weighted by molar-refractivity contribution is 0.522. The average molecular weight is 1290 g/mol. The van der Waals surface area contributed by atoms with E-state index in [2.05, 4.69) is 345 Å². The summed E-state index contributed by atoms with van der Waals surface area (Å²) < 4.78 is 7.27. The second kappa shape index (κ2) is 20.3. The topological polar surface area (TPSA) is 26.1 Å². The van der Waals surface area contributed by atoms with Crippen LogP contribution in [0.25, 0.3) is 21.6 Å². The first-order chi connectivity index (χ1) is 45.9. The highest BCUT2D eigenvalue weighted by atomic mass is 28.3. The highest BCUT2D eigenvalue weighted by Gasteiger charge is 2.60. The third kappa shape index (κ3) is 8.21. The maximum absolute atomic E-state index is 7.27. The maximum Gasteiger partial charge on any atom is 0.256 e. The Labute approximate surface area is 571 Å². The minimum absolute atomic E-state index is 0.0304. The molecule has 0 saturated carbocycles. The van der Waals surface area contributed by atoms with Gasteiger partial charge in [0.1, 0.15) is 35.6 Å². The Balaban J connectivity index is 0.717. The molecule has 7 aliphatic heterocycles. The van der Waals surface area contributed by atoms with Gasteiger partial charge in [-0.3, -0.25) is 0 Å². The zero-order chi connectivity index (χ0) is 66.1. The fourth-order valence-electron chi connectivity index (χ4n) is 18.8. The Kier molecular flexibility index (Phi) is 12.5. The van der Waals surface area contributed by atoms with Crippen LogP contribution < -0.4 is 51.8 Å². The second-order valence-electron chi connectivity index (χ2n) is 32.6. The number of allylic oxidation sites excluding steroid dienone is 2. The molecule has 11 aromatic rings. The van der Waals surface area contributed by atoms with Crippen LogP contribution in [0.4, 0.5) is 56.9 Å². The molecular weight excluding hydrogens is 1210 g/mol. The number of fused-ring (bicyclic) bond motifs is 13. The standard InChI is InChI=1S/C86H82B2N4OSi3/c1-84(2,3)55-40-47-60(48-41-55)90-68-33-25-34-69-74(68)87(65-51-44-57(52-71(65)90)85(4,5)6)76-78-79(62-28-18-22-36-72(62)93-78)95(11,12)82(76)92(69)61-49-42-56(43-50-61)86(7,8)53-54-38-45-59(46-39-54)89-66-31-21-20-30-64(66)88-75-67(89)32-24-35-70(75)91(58-26-16-15-17-27-58)83-77(88)81-80(96(83,13)14)63-29-19-23-37-73(63)94(81,9)10/h15-52H,53H2,1-14H3. The molecule has 5 nitrogen and oxygen atoms in total. The van der Waals surface area contributed by atoms with Crippen molar-refractivity contribution >= 4 is 148 Å². The average Bonchev–Trinajstić information content (AvgIpc) is 1.46. The fourth-order valence-corrected chi connectivity index (χ4v) is 31.5. The monoisotopic (exact) mass is 1290 g/mol. The van der Waals surface area contributed by atoms with E-state index in [9.17, 15) is 0 Å². The zero-order valence-electron chi connectivity index (χ0n) is 58.0. The lowest BCUT2D eigenvalue weighted by atomic mass is 9.33. The number of rotatable bonds is 7. The van der Waals surface area contributed by atoms with Crippen molar-refractivity contribution in [2.75, 3.05) is 19.6 Å². The lowest BCUT2D eigenvalue weighted by Crippen LogP contribution is -2.59. The molecule has 10 heteroatoms. The molecule has 0 aliphatic carbocycles. The Morgan fingerprint density at radius 1 is 0.375 bits per heavy atom. The van der Waals surface area contributed by atoms with E-state index in [4.69, 9.17) is 4.42 Å². The van der Waals surface area contributed by atoms with Crippen molar-refractivity contribution in [1.82, 2.24) is 0 Å². The van der Waals surface area contributed by atoms with Gasteiger partial charge in [-0.25, -0.2) is 0 Å². The first-order valence-electron chi connectivity index (χ1n) is 34.9. The minimum Gasteiger partial charge on any atom is -0.457 e. The van der Waals surface area contributed by atoms with Crippen LogP contribution in [0.1, 0.15) is 89.0 Å². The molecule has 0 N–H and O–H groups in total. The lowest BCUT2D eigenvalue weighted by Gasteiger charge is -2.47. The highest BCUT2D eigenvalue weighted by molar-refractivity contribution is 7.16. The maximum atomic E-state index is 7.27. The summed E-state index contributed by atoms with van der Waals surface area (Å²) in [6.07, 6.45) is 0.886. The molecule has 0 spiro atoms. The fraction of sp³-hybridized carbons (Fsp3) is 0.209. The Bertz CT molecular complexity index is 5260. The Morgan fingerprint density at radius 3 is 1.50 bits per heavy atom. The van der Waals surface area contributed by atoms with E-state index in [1.165, 1.54) is 128 Å². The smallest absolute Gasteiger partial charge is 0.256 e. The quantitative estimate of drug-likeness (QED) is 0.148. The third-order valence-electron chi connectivity index (χ3n) is 23.2. The predicted octanol–water partition coefficient (Wildman–Crippen LogP) is 18.6. The Morgan fingerprint density at radius 2 is 0.854 bits per heavy atom. The van der Waals surface area contributed by atoms with Crippen molar-refractivity contribution in [3.63, 3.8) is 0 Å². The van der Waals surface area contributed by atoms with Gasteiger partial charge in [-0.2, -0.15) is 0 Å². The van der Waals surface area contributed by atoms with Crippen LogP contribution >= 0.6 is 0 Å². The predicted molar refractivity (Wildman–Crippen MR) is 419 cm³/mol. The molecule has 0 fully saturated rings. The van der Waals surface area contributed by atoms with Crippen LogP contribution in [-0.2, 0) is 22.7 Å². The molecule has 0 saturated heterocycles. The van der Waals surface area contributed by atoms with Gasteiger partial charge >= 0.3 is 0 Å². The van der Waals surface area contributed by atoms with E-state index < -0.39 is 24.2 Å². The molecule has 0 bridgehead atoms. The summed E-state index contributed by atoms with van der Waals surface area (Å²) in [6, 6.07) is 89.1. The highest BCUT2D eigenvalue weighted by Crippen LogP contribution is 2.59. The summed E-state index contributed by atoms with van der Waals surface area (Å²) in [5, 5.41) is 10.6. The molecule has 10 aromatic carbocycles. The first kappa shape index (κ1) is 59.4. The minimum atomic E-state index is -2.49. The van der Waals surface area contributed by atoms with Crippen LogP contribution in [0.15, 0.2) is 256 Å². The summed E-state index contributed by atoms with van der Waals surface area (Å²) in [7, 11) is -6.89. The molecule has 470 valence electrons. The summed E-state index contributed by atoms with van der Waals surface area (Å²) in [5.41, 5.74) is 28.3. The summed E-state index contributed by atoms with van der Waals surface area (Å²) in [4.78, 5) is 10.5. The summed E-state index contributed by atoms with van der Waals surface area (Å²) >= 11 is 0. The van der Waals surface area contributed by atoms with Gasteiger partial charge in [0.2, 0.25) is 0 Å². The number of hydrogen-bond acceptors (Lipinski definition) is 5. The van der Waals surface area contributed by atoms with Gasteiger partial charge in [0.05, 0.1) is 0 Å². The first-order valence-corrected chi connectivity index (χ1v) is 43.9. The van der Waals surface area contributed by atoms with Gasteiger partial charge in [0.15, 0.2) is 0 Å². The molecule has 0 amide bonds. The van der Waals surface area contributed by atoms with E-state index in [1.807, 2.05) is 0 Å². The van der Waals surface area contributed by atoms with Crippen LogP contribution in [0.3, 0.4) is 0 Å². The van der Waals surface area contributed by atoms with E-state index >= 15 is 0 Å². The van der Waals surface area contributed by atoms with Gasteiger partial charge in [0, 0.05) is 72.9 Å². The number of benzene rings is 10. The number of furan rings is 1. The largest absolute Gasteiger partial charge is 0.457 e. The SMILES string of the molecule is CC(C)(C)c1ccc(N2c3cc(C(C)(C)C)ccc3B3C4=C(N(c5ccc(C(C)(C)Cc6ccc(N7c8ccccc8B8C9=C(N(c%10ccccc%10)c%10cccc7c%108)[Si](C)(C)C7=C9[Si](C)(C)c8ccccc87)cc6)cc5)c5cccc2c53)[Si](C)(C)c2c4oc3ccccc23)cc1. The van der Waals surface area contributed by atoms with Gasteiger partial charge in [-0.15, -0.1) is 0 Å². The normalized spacial score (nSPS) is 17.3. The van der Waals surface area contributed by atoms with Gasteiger partial charge < -0.3 is 24.0 Å². The van der Waals surface area contributed by atoms with E-state index in [0.717, 1.165) is 17.8 Å². The van der Waals surface area contributed by atoms with Crippen LogP contribution in [0.2, 0.25) is 39.3 Å². The molecule has 18 rings (SSSR count). The van der Waals surface area contributed by atoms with Crippen molar-refractivity contribution in [1.29, 1.82) is 0 Å². The van der Waals surface area contributed by atoms with E-state index in [-0.39, 0.29) is 29.7 Å². The number of para-hydroxylation sites is 3. The second-order valence-corrected chi connectivity index (χ2v) is 45.3. The molecule has 96 heavy (non-hydrogen) atoms. The van der Waals surface area contributed by atoms with Crippen LogP contribution in [-0.4, -0.2) is 37.6 Å². The number of hydrogen-bond donors (Lipinski definition) is 0. The van der Waals surface area contributed by atoms with E-state index in [1.54, 1.807) is 26.4 Å². The van der Waals surface area contributed by atoms with Crippen molar-refractivity contribution in [3.8, 4) is 0 Å².